The Kier molecular flexibility index (Phi) is 5.49. The molecule has 0 atom stereocenters. The van der Waals surface area contributed by atoms with Crippen LogP contribution in [0.15, 0.2) is 0 Å². The Morgan fingerprint density at radius 1 is 1.38 bits per heavy atom. The first kappa shape index (κ1) is 16.1. The minimum Gasteiger partial charge on any atom is -0.466 e. The van der Waals surface area contributed by atoms with Crippen LogP contribution in [0.4, 0.5) is 5.82 Å². The standard InChI is InChI=1S/C13H22N4O3S/c1-13(2,3)14-8-10(18)9-20-12-11(15-21-16-12)17-4-6-19-7-5-17/h14H,4-9H2,1-3H3. The summed E-state index contributed by atoms with van der Waals surface area (Å²) < 4.78 is 19.2. The lowest BCUT2D eigenvalue weighted by Crippen LogP contribution is -2.40. The first-order valence-corrected chi connectivity index (χ1v) is 7.73. The second-order valence-electron chi connectivity index (χ2n) is 5.92. The fraction of sp³-hybridized carbons (Fsp3) is 0.769. The highest BCUT2D eigenvalue weighted by Crippen LogP contribution is 2.26. The van der Waals surface area contributed by atoms with Gasteiger partial charge in [-0.05, 0) is 20.8 Å². The van der Waals surface area contributed by atoms with Gasteiger partial charge in [-0.3, -0.25) is 4.79 Å². The summed E-state index contributed by atoms with van der Waals surface area (Å²) in [5.74, 6) is 1.14. The molecule has 1 aliphatic rings. The van der Waals surface area contributed by atoms with E-state index in [0.29, 0.717) is 24.9 Å². The van der Waals surface area contributed by atoms with Gasteiger partial charge in [-0.15, -0.1) is 4.37 Å². The maximum atomic E-state index is 11.8. The van der Waals surface area contributed by atoms with Crippen molar-refractivity contribution in [2.75, 3.05) is 44.4 Å². The lowest BCUT2D eigenvalue weighted by Gasteiger charge is -2.26. The number of rotatable bonds is 6. The van der Waals surface area contributed by atoms with Crippen LogP contribution >= 0.6 is 11.7 Å². The summed E-state index contributed by atoms with van der Waals surface area (Å²) in [5, 5.41) is 3.14. The van der Waals surface area contributed by atoms with Crippen LogP contribution in [0.3, 0.4) is 0 Å². The molecule has 1 aromatic heterocycles. The molecule has 7 nitrogen and oxygen atoms in total. The Labute approximate surface area is 129 Å². The van der Waals surface area contributed by atoms with Gasteiger partial charge in [0.25, 0.3) is 5.88 Å². The molecule has 0 saturated carbocycles. The summed E-state index contributed by atoms with van der Waals surface area (Å²) in [7, 11) is 0. The third-order valence-corrected chi connectivity index (χ3v) is 3.44. The Hall–Kier alpha value is -1.25. The largest absolute Gasteiger partial charge is 0.466 e. The van der Waals surface area contributed by atoms with E-state index in [4.69, 9.17) is 9.47 Å². The summed E-state index contributed by atoms with van der Waals surface area (Å²) in [4.78, 5) is 13.9. The van der Waals surface area contributed by atoms with Gasteiger partial charge in [-0.1, -0.05) is 0 Å². The molecule has 0 aromatic carbocycles. The molecule has 2 rings (SSSR count). The van der Waals surface area contributed by atoms with Gasteiger partial charge >= 0.3 is 0 Å². The minimum absolute atomic E-state index is 0.00579. The van der Waals surface area contributed by atoms with Crippen molar-refractivity contribution in [2.24, 2.45) is 0 Å². The molecule has 21 heavy (non-hydrogen) atoms. The fourth-order valence-electron chi connectivity index (χ4n) is 1.80. The Bertz CT molecular complexity index is 466. The predicted molar refractivity (Wildman–Crippen MR) is 81.2 cm³/mol. The van der Waals surface area contributed by atoms with Crippen molar-refractivity contribution in [3.8, 4) is 5.88 Å². The number of ether oxygens (including phenoxy) is 2. The summed E-state index contributed by atoms with van der Waals surface area (Å²) >= 11 is 1.09. The molecular formula is C13H22N4O3S. The van der Waals surface area contributed by atoms with E-state index >= 15 is 0 Å². The van der Waals surface area contributed by atoms with Crippen LogP contribution in [0.25, 0.3) is 0 Å². The number of anilines is 1. The molecule has 0 spiro atoms. The smallest absolute Gasteiger partial charge is 0.271 e. The Balaban J connectivity index is 1.83. The zero-order chi connectivity index (χ0) is 15.3. The number of hydrogen-bond acceptors (Lipinski definition) is 8. The van der Waals surface area contributed by atoms with E-state index in [0.717, 1.165) is 24.8 Å². The van der Waals surface area contributed by atoms with E-state index in [9.17, 15) is 4.79 Å². The highest BCUT2D eigenvalue weighted by molar-refractivity contribution is 6.99. The van der Waals surface area contributed by atoms with Gasteiger partial charge in [-0.2, -0.15) is 4.37 Å². The quantitative estimate of drug-likeness (QED) is 0.828. The third-order valence-electron chi connectivity index (χ3n) is 2.94. The Morgan fingerprint density at radius 3 is 2.76 bits per heavy atom. The summed E-state index contributed by atoms with van der Waals surface area (Å²) in [5.41, 5.74) is -0.0865. The van der Waals surface area contributed by atoms with Crippen LogP contribution < -0.4 is 15.0 Å². The maximum absolute atomic E-state index is 11.8. The van der Waals surface area contributed by atoms with Crippen molar-refractivity contribution >= 4 is 23.3 Å². The van der Waals surface area contributed by atoms with Crippen molar-refractivity contribution in [3.63, 3.8) is 0 Å². The number of nitrogens with one attached hydrogen (secondary N) is 1. The number of hydrogen-bond donors (Lipinski definition) is 1. The highest BCUT2D eigenvalue weighted by atomic mass is 32.1. The van der Waals surface area contributed by atoms with E-state index < -0.39 is 0 Å². The van der Waals surface area contributed by atoms with Gasteiger partial charge in [0.05, 0.1) is 31.5 Å². The number of ketones is 1. The van der Waals surface area contributed by atoms with E-state index in [1.54, 1.807) is 0 Å². The average molecular weight is 314 g/mol. The van der Waals surface area contributed by atoms with Crippen LogP contribution in [0.1, 0.15) is 20.8 Å². The Morgan fingerprint density at radius 2 is 2.10 bits per heavy atom. The number of aromatic nitrogens is 2. The van der Waals surface area contributed by atoms with Crippen LogP contribution in [0, 0.1) is 0 Å². The molecule has 1 aliphatic heterocycles. The van der Waals surface area contributed by atoms with Gasteiger partial charge in [0.15, 0.2) is 5.78 Å². The number of carbonyl (C=O) groups excluding carboxylic acids is 1. The van der Waals surface area contributed by atoms with Crippen LogP contribution in [0.2, 0.25) is 0 Å². The molecule has 2 heterocycles. The predicted octanol–water partition coefficient (Wildman–Crippen LogP) is 0.711. The van der Waals surface area contributed by atoms with Crippen LogP contribution in [0.5, 0.6) is 5.88 Å². The SMILES string of the molecule is CC(C)(C)NCC(=O)COc1nsnc1N1CCOCC1. The number of morpholine rings is 1. The third kappa shape index (κ3) is 5.22. The number of Topliss-reactive ketones (excluding diaryl/α,β-unsaturated/α-hetero) is 1. The topological polar surface area (TPSA) is 76.6 Å². The molecule has 0 amide bonds. The van der Waals surface area contributed by atoms with Crippen LogP contribution in [-0.2, 0) is 9.53 Å². The second kappa shape index (κ2) is 7.15. The molecule has 8 heteroatoms. The molecule has 1 N–H and O–H groups in total. The molecule has 1 fully saturated rings. The van der Waals surface area contributed by atoms with Crippen molar-refractivity contribution in [1.82, 2.24) is 14.1 Å². The lowest BCUT2D eigenvalue weighted by atomic mass is 10.1. The second-order valence-corrected chi connectivity index (χ2v) is 6.45. The van der Waals surface area contributed by atoms with E-state index in [1.807, 2.05) is 20.8 Å². The van der Waals surface area contributed by atoms with Gasteiger partial charge in [0.1, 0.15) is 6.61 Å². The van der Waals surface area contributed by atoms with Gasteiger partial charge in [0, 0.05) is 18.6 Å². The van der Waals surface area contributed by atoms with Crippen molar-refractivity contribution in [2.45, 2.75) is 26.3 Å². The van der Waals surface area contributed by atoms with Gasteiger partial charge in [0.2, 0.25) is 5.82 Å². The highest BCUT2D eigenvalue weighted by Gasteiger charge is 2.20. The van der Waals surface area contributed by atoms with E-state index in [-0.39, 0.29) is 24.5 Å². The molecule has 0 bridgehead atoms. The van der Waals surface area contributed by atoms with Crippen LogP contribution in [-0.4, -0.2) is 59.5 Å². The monoisotopic (exact) mass is 314 g/mol. The number of carbonyl (C=O) groups is 1. The fourth-order valence-corrected chi connectivity index (χ4v) is 2.32. The minimum atomic E-state index is -0.0865. The molecule has 0 radical (unpaired) electrons. The molecular weight excluding hydrogens is 292 g/mol. The molecule has 0 aliphatic carbocycles. The van der Waals surface area contributed by atoms with Gasteiger partial charge < -0.3 is 19.7 Å². The maximum Gasteiger partial charge on any atom is 0.271 e. The van der Waals surface area contributed by atoms with Crippen molar-refractivity contribution in [1.29, 1.82) is 0 Å². The summed E-state index contributed by atoms with van der Waals surface area (Å²) in [6.45, 7) is 9.21. The zero-order valence-electron chi connectivity index (χ0n) is 12.7. The van der Waals surface area contributed by atoms with E-state index in [2.05, 4.69) is 19.0 Å². The van der Waals surface area contributed by atoms with Crippen molar-refractivity contribution in [3.05, 3.63) is 0 Å². The van der Waals surface area contributed by atoms with E-state index in [1.165, 1.54) is 0 Å². The molecule has 1 saturated heterocycles. The lowest BCUT2D eigenvalue weighted by molar-refractivity contribution is -0.120. The first-order chi connectivity index (χ1) is 9.96. The zero-order valence-corrected chi connectivity index (χ0v) is 13.5. The first-order valence-electron chi connectivity index (χ1n) is 7.00. The van der Waals surface area contributed by atoms with Gasteiger partial charge in [-0.25, -0.2) is 0 Å². The van der Waals surface area contributed by atoms with Crippen molar-refractivity contribution < 1.29 is 14.3 Å². The molecule has 0 unspecified atom stereocenters. The summed E-state index contributed by atoms with van der Waals surface area (Å²) in [6, 6.07) is 0. The molecule has 1 aromatic rings. The average Bonchev–Trinajstić information content (AvgIpc) is 2.91. The molecule has 118 valence electrons. The number of nitrogens with zero attached hydrogens (tertiary/aromatic N) is 3. The summed E-state index contributed by atoms with van der Waals surface area (Å²) in [6.07, 6.45) is 0. The normalized spacial score (nSPS) is 16.0.